The topological polar surface area (TPSA) is 77.5 Å². The molecule has 0 aliphatic rings. The summed E-state index contributed by atoms with van der Waals surface area (Å²) < 4.78 is 10.3. The van der Waals surface area contributed by atoms with Crippen LogP contribution in [0.4, 0.5) is 5.13 Å². The molecular formula is C24H26N2O4S. The van der Waals surface area contributed by atoms with Gasteiger partial charge in [-0.15, -0.1) is 11.3 Å². The molecular weight excluding hydrogens is 412 g/mol. The molecule has 7 heteroatoms. The molecule has 0 aliphatic heterocycles. The van der Waals surface area contributed by atoms with Gasteiger partial charge in [0.1, 0.15) is 5.75 Å². The molecule has 0 saturated heterocycles. The average Bonchev–Trinajstić information content (AvgIpc) is 3.24. The molecule has 3 aromatic rings. The molecule has 0 fully saturated rings. The molecule has 0 aliphatic carbocycles. The number of nitrogens with zero attached hydrogens (tertiary/aromatic N) is 1. The summed E-state index contributed by atoms with van der Waals surface area (Å²) in [5.41, 5.74) is 1.40. The maximum atomic E-state index is 13.4. The van der Waals surface area contributed by atoms with Gasteiger partial charge in [-0.3, -0.25) is 4.79 Å². The van der Waals surface area contributed by atoms with Gasteiger partial charge >= 0.3 is 5.97 Å². The molecule has 0 spiro atoms. The zero-order valence-electron chi connectivity index (χ0n) is 18.0. The number of hydrogen-bond donors (Lipinski definition) is 1. The van der Waals surface area contributed by atoms with Crippen molar-refractivity contribution in [3.05, 3.63) is 76.8 Å². The highest BCUT2D eigenvalue weighted by Gasteiger charge is 2.39. The molecule has 31 heavy (non-hydrogen) atoms. The summed E-state index contributed by atoms with van der Waals surface area (Å²) in [5.74, 6) is -0.142. The second-order valence-electron chi connectivity index (χ2n) is 7.55. The number of aromatic nitrogens is 1. The van der Waals surface area contributed by atoms with Crippen LogP contribution in [-0.2, 0) is 9.53 Å². The minimum absolute atomic E-state index is 0.190. The molecule has 162 valence electrons. The van der Waals surface area contributed by atoms with E-state index in [2.05, 4.69) is 10.3 Å². The predicted molar refractivity (Wildman–Crippen MR) is 122 cm³/mol. The van der Waals surface area contributed by atoms with Crippen LogP contribution < -0.4 is 10.1 Å². The minimum atomic E-state index is -0.814. The number of rotatable bonds is 8. The van der Waals surface area contributed by atoms with Crippen molar-refractivity contribution in [3.8, 4) is 5.75 Å². The van der Waals surface area contributed by atoms with Gasteiger partial charge in [0.2, 0.25) is 5.91 Å². The summed E-state index contributed by atoms with van der Waals surface area (Å²) in [5, 5.41) is 4.82. The van der Waals surface area contributed by atoms with Crippen molar-refractivity contribution < 1.29 is 19.1 Å². The number of hydrogen-bond acceptors (Lipinski definition) is 6. The van der Waals surface area contributed by atoms with Crippen LogP contribution in [0.3, 0.4) is 0 Å². The standard InChI is InChI=1S/C24H26N2O4S/c1-5-30-21(27)19-15-31-23(25-19)26-22(28)24(2,3)20(16-9-7-6-8-10-16)17-11-13-18(29-4)14-12-17/h6-15,20H,5H2,1-4H3,(H,25,26,28)/t20-/m0/s1. The van der Waals surface area contributed by atoms with Gasteiger partial charge in [0, 0.05) is 11.3 Å². The van der Waals surface area contributed by atoms with Crippen molar-refractivity contribution in [1.82, 2.24) is 4.98 Å². The molecule has 3 rings (SSSR count). The molecule has 0 saturated carbocycles. The number of carbonyl (C=O) groups is 2. The Bertz CT molecular complexity index is 1030. The first-order valence-electron chi connectivity index (χ1n) is 9.99. The molecule has 0 bridgehead atoms. The number of esters is 1. The number of benzene rings is 2. The molecule has 1 atom stereocenters. The summed E-state index contributed by atoms with van der Waals surface area (Å²) in [4.78, 5) is 29.4. The van der Waals surface area contributed by atoms with Crippen molar-refractivity contribution >= 4 is 28.3 Å². The van der Waals surface area contributed by atoms with Crippen LogP contribution in [0.5, 0.6) is 5.75 Å². The number of nitrogens with one attached hydrogen (secondary N) is 1. The van der Waals surface area contributed by atoms with E-state index >= 15 is 0 Å². The van der Waals surface area contributed by atoms with E-state index in [-0.39, 0.29) is 24.1 Å². The zero-order chi connectivity index (χ0) is 22.4. The summed E-state index contributed by atoms with van der Waals surface area (Å²) >= 11 is 1.20. The summed E-state index contributed by atoms with van der Waals surface area (Å²) in [7, 11) is 1.62. The van der Waals surface area contributed by atoms with Crippen LogP contribution in [0, 0.1) is 5.41 Å². The van der Waals surface area contributed by atoms with Crippen LogP contribution >= 0.6 is 11.3 Å². The molecule has 0 radical (unpaired) electrons. The quantitative estimate of drug-likeness (QED) is 0.494. The molecule has 1 aromatic heterocycles. The highest BCUT2D eigenvalue weighted by atomic mass is 32.1. The fourth-order valence-corrected chi connectivity index (χ4v) is 4.16. The van der Waals surface area contributed by atoms with Crippen LogP contribution in [0.25, 0.3) is 0 Å². The van der Waals surface area contributed by atoms with Crippen LogP contribution in [-0.4, -0.2) is 30.6 Å². The minimum Gasteiger partial charge on any atom is -0.497 e. The van der Waals surface area contributed by atoms with E-state index in [4.69, 9.17) is 9.47 Å². The van der Waals surface area contributed by atoms with Gasteiger partial charge in [-0.05, 0) is 30.2 Å². The Morgan fingerprint density at radius 3 is 2.32 bits per heavy atom. The fraction of sp³-hybridized carbons (Fsp3) is 0.292. The van der Waals surface area contributed by atoms with E-state index in [1.165, 1.54) is 11.3 Å². The predicted octanol–water partition coefficient (Wildman–Crippen LogP) is 5.13. The average molecular weight is 439 g/mol. The van der Waals surface area contributed by atoms with E-state index in [9.17, 15) is 9.59 Å². The lowest BCUT2D eigenvalue weighted by atomic mass is 9.70. The molecule has 0 unspecified atom stereocenters. The monoisotopic (exact) mass is 438 g/mol. The largest absolute Gasteiger partial charge is 0.497 e. The van der Waals surface area contributed by atoms with E-state index in [0.717, 1.165) is 16.9 Å². The Labute approximate surface area is 186 Å². The Hall–Kier alpha value is -3.19. The number of methoxy groups -OCH3 is 1. The lowest BCUT2D eigenvalue weighted by molar-refractivity contribution is -0.124. The first-order valence-corrected chi connectivity index (χ1v) is 10.9. The van der Waals surface area contributed by atoms with Crippen molar-refractivity contribution in [2.24, 2.45) is 5.41 Å². The molecule has 1 N–H and O–H groups in total. The van der Waals surface area contributed by atoms with Crippen LogP contribution in [0.2, 0.25) is 0 Å². The molecule has 6 nitrogen and oxygen atoms in total. The maximum Gasteiger partial charge on any atom is 0.357 e. The van der Waals surface area contributed by atoms with E-state index in [1.54, 1.807) is 19.4 Å². The Balaban J connectivity index is 1.90. The van der Waals surface area contributed by atoms with Crippen molar-refractivity contribution in [3.63, 3.8) is 0 Å². The number of thiazole rings is 1. The summed E-state index contributed by atoms with van der Waals surface area (Å²) in [6, 6.07) is 17.7. The number of amides is 1. The van der Waals surface area contributed by atoms with Crippen LogP contribution in [0.1, 0.15) is 48.3 Å². The second kappa shape index (κ2) is 9.75. The Kier molecular flexibility index (Phi) is 7.07. The van der Waals surface area contributed by atoms with E-state index in [0.29, 0.717) is 5.13 Å². The first kappa shape index (κ1) is 22.5. The third-order valence-electron chi connectivity index (χ3n) is 5.10. The third-order valence-corrected chi connectivity index (χ3v) is 5.86. The van der Waals surface area contributed by atoms with Gasteiger partial charge < -0.3 is 14.8 Å². The van der Waals surface area contributed by atoms with Crippen molar-refractivity contribution in [1.29, 1.82) is 0 Å². The van der Waals surface area contributed by atoms with Gasteiger partial charge in [-0.2, -0.15) is 0 Å². The normalized spacial score (nSPS) is 12.1. The van der Waals surface area contributed by atoms with E-state index in [1.807, 2.05) is 68.4 Å². The maximum absolute atomic E-state index is 13.4. The second-order valence-corrected chi connectivity index (χ2v) is 8.41. The highest BCUT2D eigenvalue weighted by Crippen LogP contribution is 2.42. The van der Waals surface area contributed by atoms with Gasteiger partial charge in [0.25, 0.3) is 0 Å². The smallest absolute Gasteiger partial charge is 0.357 e. The first-order chi connectivity index (χ1) is 14.9. The van der Waals surface area contributed by atoms with Gasteiger partial charge in [-0.1, -0.05) is 56.3 Å². The van der Waals surface area contributed by atoms with Crippen molar-refractivity contribution in [2.75, 3.05) is 19.0 Å². The molecule has 2 aromatic carbocycles. The summed E-state index contributed by atoms with van der Waals surface area (Å²) in [6.45, 7) is 5.82. The number of anilines is 1. The number of carbonyl (C=O) groups excluding carboxylic acids is 2. The third kappa shape index (κ3) is 5.11. The van der Waals surface area contributed by atoms with Crippen molar-refractivity contribution in [2.45, 2.75) is 26.7 Å². The van der Waals surface area contributed by atoms with Crippen LogP contribution in [0.15, 0.2) is 60.0 Å². The molecule has 1 amide bonds. The fourth-order valence-electron chi connectivity index (χ4n) is 3.49. The SMILES string of the molecule is CCOC(=O)c1csc(NC(=O)C(C)(C)[C@@H](c2ccccc2)c2ccc(OC)cc2)n1. The Morgan fingerprint density at radius 2 is 1.71 bits per heavy atom. The lowest BCUT2D eigenvalue weighted by Gasteiger charge is -2.33. The van der Waals surface area contributed by atoms with Gasteiger partial charge in [-0.25, -0.2) is 9.78 Å². The Morgan fingerprint density at radius 1 is 1.06 bits per heavy atom. The summed E-state index contributed by atoms with van der Waals surface area (Å²) in [6.07, 6.45) is 0. The zero-order valence-corrected chi connectivity index (χ0v) is 18.9. The van der Waals surface area contributed by atoms with E-state index < -0.39 is 11.4 Å². The highest BCUT2D eigenvalue weighted by molar-refractivity contribution is 7.14. The number of ether oxygens (including phenoxy) is 2. The molecule has 1 heterocycles. The lowest BCUT2D eigenvalue weighted by Crippen LogP contribution is -2.37. The van der Waals surface area contributed by atoms with Gasteiger partial charge in [0.15, 0.2) is 10.8 Å². The van der Waals surface area contributed by atoms with Gasteiger partial charge in [0.05, 0.1) is 19.1 Å².